The monoisotopic (exact) mass is 684 g/mol. The summed E-state index contributed by atoms with van der Waals surface area (Å²) in [5.74, 6) is -0.776. The van der Waals surface area contributed by atoms with Gasteiger partial charge in [-0.25, -0.2) is 0 Å². The molecule has 3 fully saturated rings. The lowest BCUT2D eigenvalue weighted by atomic mass is 9.84. The van der Waals surface area contributed by atoms with Crippen LogP contribution in [0.15, 0.2) is 85.1 Å². The second-order valence-electron chi connectivity index (χ2n) is 13.5. The van der Waals surface area contributed by atoms with Crippen molar-refractivity contribution in [1.29, 1.82) is 0 Å². The molecular formula is C39H36N6O6. The molecule has 0 bridgehead atoms. The number of primary amides is 1. The smallest absolute Gasteiger partial charge is 0.262 e. The van der Waals surface area contributed by atoms with E-state index in [1.807, 2.05) is 54.6 Å². The van der Waals surface area contributed by atoms with E-state index in [1.54, 1.807) is 18.2 Å². The Bertz CT molecular complexity index is 2050. The van der Waals surface area contributed by atoms with Crippen molar-refractivity contribution in [3.8, 4) is 22.8 Å². The van der Waals surface area contributed by atoms with Crippen LogP contribution in [0.4, 0.5) is 5.69 Å². The Hall–Kier alpha value is -5.88. The maximum Gasteiger partial charge on any atom is 0.262 e. The number of para-hydroxylation sites is 1. The quantitative estimate of drug-likeness (QED) is 0.261. The Morgan fingerprint density at radius 1 is 0.804 bits per heavy atom. The summed E-state index contributed by atoms with van der Waals surface area (Å²) in [5.41, 5.74) is 10.2. The summed E-state index contributed by atoms with van der Waals surface area (Å²) in [7, 11) is 0. The highest BCUT2D eigenvalue weighted by Gasteiger charge is 2.45. The third-order valence-electron chi connectivity index (χ3n) is 10.5. The van der Waals surface area contributed by atoms with Crippen molar-refractivity contribution in [3.05, 3.63) is 107 Å². The number of likely N-dealkylation sites (tertiary alicyclic amines) is 1. The van der Waals surface area contributed by atoms with E-state index in [0.717, 1.165) is 66.6 Å². The van der Waals surface area contributed by atoms with Crippen LogP contribution in [0.1, 0.15) is 68.2 Å². The van der Waals surface area contributed by atoms with E-state index in [0.29, 0.717) is 28.8 Å². The average Bonchev–Trinajstić information content (AvgIpc) is 3.36. The second-order valence-corrected chi connectivity index (χ2v) is 13.5. The zero-order chi connectivity index (χ0) is 35.2. The first-order chi connectivity index (χ1) is 24.7. The van der Waals surface area contributed by atoms with Crippen molar-refractivity contribution in [2.45, 2.75) is 43.7 Å². The van der Waals surface area contributed by atoms with Crippen molar-refractivity contribution in [3.63, 3.8) is 0 Å². The molecule has 5 amide bonds. The maximum atomic E-state index is 13.3. The number of carbonyl (C=O) groups excluding carboxylic acids is 5. The molecule has 3 aromatic carbocycles. The molecule has 3 saturated heterocycles. The molecule has 4 aliphatic rings. The first-order valence-corrected chi connectivity index (χ1v) is 17.2. The number of fused-ring (bicyclic) bond motifs is 1. The molecule has 0 radical (unpaired) electrons. The number of nitrogens with one attached hydrogen (secondary N) is 1. The summed E-state index contributed by atoms with van der Waals surface area (Å²) < 4.78 is 6.16. The highest BCUT2D eigenvalue weighted by atomic mass is 16.5. The number of hydrogen-bond donors (Lipinski definition) is 2. The Labute approximate surface area is 294 Å². The molecule has 1 atom stereocenters. The van der Waals surface area contributed by atoms with Gasteiger partial charge in [-0.1, -0.05) is 24.3 Å². The summed E-state index contributed by atoms with van der Waals surface area (Å²) in [5, 5.41) is 2.24. The van der Waals surface area contributed by atoms with Gasteiger partial charge in [0.15, 0.2) is 0 Å². The number of hydrogen-bond acceptors (Lipinski definition) is 9. The van der Waals surface area contributed by atoms with Gasteiger partial charge in [0.25, 0.3) is 11.8 Å². The third kappa shape index (κ3) is 6.12. The van der Waals surface area contributed by atoms with Crippen LogP contribution in [0.3, 0.4) is 0 Å². The van der Waals surface area contributed by atoms with Crippen LogP contribution in [0.2, 0.25) is 0 Å². The van der Waals surface area contributed by atoms with Gasteiger partial charge in [0.1, 0.15) is 17.5 Å². The number of imide groups is 2. The van der Waals surface area contributed by atoms with Crippen LogP contribution >= 0.6 is 0 Å². The Balaban J connectivity index is 0.925. The first-order valence-electron chi connectivity index (χ1n) is 17.2. The van der Waals surface area contributed by atoms with Gasteiger partial charge in [0.2, 0.25) is 17.7 Å². The van der Waals surface area contributed by atoms with Gasteiger partial charge in [-0.3, -0.25) is 44.1 Å². The zero-order valence-corrected chi connectivity index (χ0v) is 27.8. The van der Waals surface area contributed by atoms with E-state index in [4.69, 9.17) is 10.5 Å². The number of amides is 5. The van der Waals surface area contributed by atoms with Crippen molar-refractivity contribution >= 4 is 35.2 Å². The van der Waals surface area contributed by atoms with Crippen molar-refractivity contribution < 1.29 is 28.7 Å². The number of ether oxygens (including phenoxy) is 1. The number of nitrogens with zero attached hydrogens (tertiary/aromatic N) is 4. The van der Waals surface area contributed by atoms with Gasteiger partial charge >= 0.3 is 0 Å². The summed E-state index contributed by atoms with van der Waals surface area (Å²) in [6, 6.07) is 24.0. The van der Waals surface area contributed by atoms with E-state index in [1.165, 1.54) is 11.8 Å². The van der Waals surface area contributed by atoms with Crippen molar-refractivity contribution in [1.82, 2.24) is 20.1 Å². The second kappa shape index (κ2) is 13.1. The van der Waals surface area contributed by atoms with E-state index >= 15 is 0 Å². The van der Waals surface area contributed by atoms with Gasteiger partial charge in [0, 0.05) is 43.0 Å². The molecule has 8 rings (SSSR count). The fraction of sp³-hybridized carbons (Fsp3) is 0.282. The lowest BCUT2D eigenvalue weighted by Gasteiger charge is -2.49. The molecular weight excluding hydrogens is 648 g/mol. The number of anilines is 1. The van der Waals surface area contributed by atoms with Gasteiger partial charge in [-0.05, 0) is 98.4 Å². The maximum absolute atomic E-state index is 13.3. The number of carbonyl (C=O) groups is 5. The minimum atomic E-state index is -0.981. The topological polar surface area (TPSA) is 155 Å². The molecule has 3 N–H and O–H groups in total. The average molecular weight is 685 g/mol. The lowest BCUT2D eigenvalue weighted by Crippen LogP contribution is -2.60. The van der Waals surface area contributed by atoms with Crippen LogP contribution < -0.4 is 20.7 Å². The van der Waals surface area contributed by atoms with Gasteiger partial charge in [-0.2, -0.15) is 0 Å². The summed E-state index contributed by atoms with van der Waals surface area (Å²) in [6.45, 7) is 3.46. The van der Waals surface area contributed by atoms with Crippen molar-refractivity contribution in [2.24, 2.45) is 5.73 Å². The number of rotatable bonds is 8. The molecule has 258 valence electrons. The molecule has 4 aliphatic heterocycles. The minimum Gasteiger partial charge on any atom is -0.457 e. The summed E-state index contributed by atoms with van der Waals surface area (Å²) in [6.07, 6.45) is 3.66. The highest BCUT2D eigenvalue weighted by molar-refractivity contribution is 6.23. The Morgan fingerprint density at radius 2 is 1.57 bits per heavy atom. The highest BCUT2D eigenvalue weighted by Crippen LogP contribution is 2.39. The van der Waals surface area contributed by atoms with Crippen LogP contribution in [0.25, 0.3) is 11.3 Å². The molecule has 1 unspecified atom stereocenters. The number of piperidine rings is 2. The molecule has 5 heterocycles. The van der Waals surface area contributed by atoms with Crippen molar-refractivity contribution in [2.75, 3.05) is 31.1 Å². The number of benzene rings is 3. The Morgan fingerprint density at radius 3 is 2.27 bits per heavy atom. The van der Waals surface area contributed by atoms with Gasteiger partial charge in [0.05, 0.1) is 22.4 Å². The lowest BCUT2D eigenvalue weighted by molar-refractivity contribution is -0.136. The fourth-order valence-corrected chi connectivity index (χ4v) is 7.63. The Kier molecular flexibility index (Phi) is 8.31. The molecule has 0 spiro atoms. The third-order valence-corrected chi connectivity index (χ3v) is 10.5. The standard InChI is InChI=1S/C39H36N6O6/c40-36(47)24-6-11-33(41-20-24)31-19-28(51-27-4-2-1-3-5-27)8-10-29(31)23-14-16-43(17-15-23)26-21-44(22-26)25-7-9-30-32(18-25)39(50)45(38(30)49)34-12-13-35(46)42-37(34)48/h1-11,18-20,23,26,34H,12-17,21-22H2,(H2,40,47)(H,42,46,48). The van der Waals surface area contributed by atoms with E-state index in [9.17, 15) is 24.0 Å². The largest absolute Gasteiger partial charge is 0.457 e. The number of aromatic nitrogens is 1. The summed E-state index contributed by atoms with van der Waals surface area (Å²) >= 11 is 0. The molecule has 12 nitrogen and oxygen atoms in total. The normalized spacial score (nSPS) is 19.9. The molecule has 0 saturated carbocycles. The van der Waals surface area contributed by atoms with E-state index < -0.39 is 35.6 Å². The van der Waals surface area contributed by atoms with Crippen LogP contribution in [0.5, 0.6) is 11.5 Å². The van der Waals surface area contributed by atoms with Crippen LogP contribution in [0, 0.1) is 0 Å². The van der Waals surface area contributed by atoms with E-state index in [-0.39, 0.29) is 18.4 Å². The van der Waals surface area contributed by atoms with E-state index in [2.05, 4.69) is 26.2 Å². The SMILES string of the molecule is NC(=O)c1ccc(-c2cc(Oc3ccccc3)ccc2C2CCN(C3CN(c4ccc5c(c4)C(=O)N(C4CCC(=O)NC4=O)C5=O)C3)CC2)nc1. The molecule has 0 aliphatic carbocycles. The molecule has 4 aromatic rings. The molecule has 12 heteroatoms. The summed E-state index contributed by atoms with van der Waals surface area (Å²) in [4.78, 5) is 72.5. The number of nitrogens with two attached hydrogens (primary N) is 1. The van der Waals surface area contributed by atoms with Crippen LogP contribution in [-0.2, 0) is 9.59 Å². The minimum absolute atomic E-state index is 0.0854. The zero-order valence-electron chi connectivity index (χ0n) is 27.8. The van der Waals surface area contributed by atoms with Crippen LogP contribution in [-0.4, -0.2) is 82.6 Å². The first kappa shape index (κ1) is 32.3. The number of pyridine rings is 1. The fourth-order valence-electron chi connectivity index (χ4n) is 7.63. The van der Waals surface area contributed by atoms with Gasteiger partial charge in [-0.15, -0.1) is 0 Å². The predicted molar refractivity (Wildman–Crippen MR) is 187 cm³/mol. The molecule has 51 heavy (non-hydrogen) atoms. The molecule has 1 aromatic heterocycles. The predicted octanol–water partition coefficient (Wildman–Crippen LogP) is 4.11. The van der Waals surface area contributed by atoms with Gasteiger partial charge < -0.3 is 15.4 Å².